The number of nitrogens with zero attached hydrogens (tertiary/aromatic N) is 2. The normalized spacial score (nSPS) is 13.8. The van der Waals surface area contributed by atoms with Gasteiger partial charge in [-0.15, -0.1) is 0 Å². The van der Waals surface area contributed by atoms with Gasteiger partial charge in [-0.05, 0) is 29.8 Å². The molecule has 0 aromatic heterocycles. The van der Waals surface area contributed by atoms with Crippen LogP contribution in [0.25, 0.3) is 0 Å². The van der Waals surface area contributed by atoms with Crippen LogP contribution < -0.4 is 10.1 Å². The van der Waals surface area contributed by atoms with Crippen LogP contribution in [-0.4, -0.2) is 31.7 Å². The zero-order chi connectivity index (χ0) is 18.5. The van der Waals surface area contributed by atoms with Crippen LogP contribution in [0.4, 0.5) is 8.78 Å². The van der Waals surface area contributed by atoms with Crippen molar-refractivity contribution in [2.75, 3.05) is 20.9 Å². The van der Waals surface area contributed by atoms with E-state index in [1.54, 1.807) is 13.1 Å². The van der Waals surface area contributed by atoms with E-state index in [0.29, 0.717) is 42.5 Å². The van der Waals surface area contributed by atoms with E-state index in [-0.39, 0.29) is 18.4 Å². The molecule has 0 radical (unpaired) electrons. The molecule has 3 rings (SSSR count). The first-order valence-electron chi connectivity index (χ1n) is 8.25. The van der Waals surface area contributed by atoms with Gasteiger partial charge in [-0.1, -0.05) is 12.1 Å². The summed E-state index contributed by atoms with van der Waals surface area (Å²) in [6.45, 7) is 1.32. The molecule has 0 unspecified atom stereocenters. The van der Waals surface area contributed by atoms with Crippen molar-refractivity contribution in [2.45, 2.75) is 19.7 Å². The van der Waals surface area contributed by atoms with Crippen LogP contribution >= 0.6 is 0 Å². The summed E-state index contributed by atoms with van der Waals surface area (Å²) in [5, 5.41) is 3.19. The summed E-state index contributed by atoms with van der Waals surface area (Å²) in [4.78, 5) is 6.10. The van der Waals surface area contributed by atoms with E-state index in [9.17, 15) is 8.78 Å². The number of rotatable bonds is 4. The van der Waals surface area contributed by atoms with Crippen molar-refractivity contribution in [1.82, 2.24) is 10.2 Å². The highest BCUT2D eigenvalue weighted by atomic mass is 19.1. The Morgan fingerprint density at radius 1 is 1.23 bits per heavy atom. The third-order valence-electron chi connectivity index (χ3n) is 4.07. The van der Waals surface area contributed by atoms with Crippen molar-refractivity contribution in [3.8, 4) is 5.75 Å². The standard InChI is InChI=1S/C19H21F2N3O2/c1-22-19(24(2)10-13-4-3-5-16(20)6-13)23-9-14-7-17(21)8-15-11-25-12-26-18(14)15/h3-8H,9-12H2,1-2H3,(H,22,23). The van der Waals surface area contributed by atoms with Crippen molar-refractivity contribution in [2.24, 2.45) is 4.99 Å². The van der Waals surface area contributed by atoms with Crippen molar-refractivity contribution in [3.05, 3.63) is 64.7 Å². The van der Waals surface area contributed by atoms with E-state index in [2.05, 4.69) is 10.3 Å². The number of hydrogen-bond donors (Lipinski definition) is 1. The largest absolute Gasteiger partial charge is 0.467 e. The summed E-state index contributed by atoms with van der Waals surface area (Å²) < 4.78 is 37.9. The van der Waals surface area contributed by atoms with Crippen LogP contribution in [-0.2, 0) is 24.4 Å². The molecule has 138 valence electrons. The highest BCUT2D eigenvalue weighted by Gasteiger charge is 2.17. The van der Waals surface area contributed by atoms with E-state index in [1.165, 1.54) is 24.3 Å². The second kappa shape index (κ2) is 8.14. The number of hydrogen-bond acceptors (Lipinski definition) is 3. The first-order valence-corrected chi connectivity index (χ1v) is 8.25. The molecule has 1 aliphatic rings. The van der Waals surface area contributed by atoms with Gasteiger partial charge >= 0.3 is 0 Å². The number of nitrogens with one attached hydrogen (secondary N) is 1. The third kappa shape index (κ3) is 4.29. The molecule has 7 heteroatoms. The van der Waals surface area contributed by atoms with Crippen LogP contribution in [0, 0.1) is 11.6 Å². The lowest BCUT2D eigenvalue weighted by atomic mass is 10.1. The van der Waals surface area contributed by atoms with Gasteiger partial charge in [0.1, 0.15) is 17.4 Å². The molecule has 0 amide bonds. The van der Waals surface area contributed by atoms with Gasteiger partial charge in [0.05, 0.1) is 6.61 Å². The number of halogens is 2. The van der Waals surface area contributed by atoms with E-state index in [4.69, 9.17) is 9.47 Å². The van der Waals surface area contributed by atoms with Crippen LogP contribution in [0.3, 0.4) is 0 Å². The van der Waals surface area contributed by atoms with Crippen molar-refractivity contribution in [1.29, 1.82) is 0 Å². The summed E-state index contributed by atoms with van der Waals surface area (Å²) >= 11 is 0. The van der Waals surface area contributed by atoms with Gasteiger partial charge in [0, 0.05) is 38.3 Å². The van der Waals surface area contributed by atoms with Crippen molar-refractivity contribution >= 4 is 5.96 Å². The maximum absolute atomic E-state index is 13.8. The fraction of sp³-hybridized carbons (Fsp3) is 0.316. The van der Waals surface area contributed by atoms with Crippen LogP contribution in [0.1, 0.15) is 16.7 Å². The van der Waals surface area contributed by atoms with Gasteiger partial charge in [0.2, 0.25) is 0 Å². The summed E-state index contributed by atoms with van der Waals surface area (Å²) in [7, 11) is 3.52. The summed E-state index contributed by atoms with van der Waals surface area (Å²) in [5.41, 5.74) is 2.22. The Hall–Kier alpha value is -2.67. The Labute approximate surface area is 151 Å². The predicted molar refractivity (Wildman–Crippen MR) is 94.7 cm³/mol. The Balaban J connectivity index is 1.68. The lowest BCUT2D eigenvalue weighted by molar-refractivity contribution is -0.0173. The minimum absolute atomic E-state index is 0.153. The fourth-order valence-electron chi connectivity index (χ4n) is 2.93. The molecule has 1 aliphatic heterocycles. The van der Waals surface area contributed by atoms with Gasteiger partial charge in [-0.25, -0.2) is 8.78 Å². The second-order valence-electron chi connectivity index (χ2n) is 6.05. The third-order valence-corrected chi connectivity index (χ3v) is 4.07. The highest BCUT2D eigenvalue weighted by Crippen LogP contribution is 2.29. The number of guanidine groups is 1. The molecular weight excluding hydrogens is 340 g/mol. The van der Waals surface area contributed by atoms with Gasteiger partial charge in [-0.2, -0.15) is 0 Å². The molecule has 0 fully saturated rings. The Morgan fingerprint density at radius 2 is 2.08 bits per heavy atom. The van der Waals surface area contributed by atoms with Crippen LogP contribution in [0.2, 0.25) is 0 Å². The first-order chi connectivity index (χ1) is 12.6. The molecular formula is C19H21F2N3O2. The average Bonchev–Trinajstić information content (AvgIpc) is 2.62. The van der Waals surface area contributed by atoms with Crippen molar-refractivity contribution < 1.29 is 18.3 Å². The topological polar surface area (TPSA) is 46.1 Å². The molecule has 1 heterocycles. The zero-order valence-electron chi connectivity index (χ0n) is 14.8. The minimum atomic E-state index is -0.335. The van der Waals surface area contributed by atoms with E-state index in [0.717, 1.165) is 5.56 Å². The molecule has 2 aromatic rings. The molecule has 0 saturated carbocycles. The Kier molecular flexibility index (Phi) is 5.68. The molecule has 0 spiro atoms. The molecule has 0 bridgehead atoms. The minimum Gasteiger partial charge on any atom is -0.467 e. The quantitative estimate of drug-likeness (QED) is 0.672. The predicted octanol–water partition coefficient (Wildman–Crippen LogP) is 3.04. The molecule has 0 saturated heterocycles. The summed E-state index contributed by atoms with van der Waals surface area (Å²) in [5.74, 6) is 0.648. The number of benzene rings is 2. The summed E-state index contributed by atoms with van der Waals surface area (Å²) in [6.07, 6.45) is 0. The lowest BCUT2D eigenvalue weighted by Crippen LogP contribution is -2.38. The SMILES string of the molecule is CN=C(NCc1cc(F)cc2c1OCOC2)N(C)Cc1cccc(F)c1. The molecule has 2 aromatic carbocycles. The number of aliphatic imine (C=N–C) groups is 1. The van der Waals surface area contributed by atoms with E-state index < -0.39 is 0 Å². The van der Waals surface area contributed by atoms with Gasteiger partial charge < -0.3 is 19.7 Å². The van der Waals surface area contributed by atoms with Gasteiger partial charge in [-0.3, -0.25) is 4.99 Å². The fourth-order valence-corrected chi connectivity index (χ4v) is 2.93. The first kappa shape index (κ1) is 18.1. The average molecular weight is 361 g/mol. The monoisotopic (exact) mass is 361 g/mol. The van der Waals surface area contributed by atoms with E-state index >= 15 is 0 Å². The number of fused-ring (bicyclic) bond motifs is 1. The second-order valence-corrected chi connectivity index (χ2v) is 6.05. The van der Waals surface area contributed by atoms with E-state index in [1.807, 2.05) is 18.0 Å². The maximum atomic E-state index is 13.8. The maximum Gasteiger partial charge on any atom is 0.193 e. The molecule has 5 nitrogen and oxygen atoms in total. The number of ether oxygens (including phenoxy) is 2. The smallest absolute Gasteiger partial charge is 0.193 e. The molecule has 1 N–H and O–H groups in total. The van der Waals surface area contributed by atoms with Gasteiger partial charge in [0.15, 0.2) is 12.8 Å². The Morgan fingerprint density at radius 3 is 2.85 bits per heavy atom. The van der Waals surface area contributed by atoms with Crippen LogP contribution in [0.15, 0.2) is 41.4 Å². The molecule has 26 heavy (non-hydrogen) atoms. The van der Waals surface area contributed by atoms with Gasteiger partial charge in [0.25, 0.3) is 0 Å². The molecule has 0 atom stereocenters. The lowest BCUT2D eigenvalue weighted by Gasteiger charge is -2.24. The zero-order valence-corrected chi connectivity index (χ0v) is 14.8. The Bertz CT molecular complexity index is 811. The summed E-state index contributed by atoms with van der Waals surface area (Å²) in [6, 6.07) is 9.28. The van der Waals surface area contributed by atoms with Crippen LogP contribution in [0.5, 0.6) is 5.75 Å². The van der Waals surface area contributed by atoms with Crippen molar-refractivity contribution in [3.63, 3.8) is 0 Å². The molecule has 0 aliphatic carbocycles. The highest BCUT2D eigenvalue weighted by molar-refractivity contribution is 5.79.